The van der Waals surface area contributed by atoms with Crippen LogP contribution in [0.5, 0.6) is 5.75 Å². The van der Waals surface area contributed by atoms with Gasteiger partial charge in [0.25, 0.3) is 5.91 Å². The van der Waals surface area contributed by atoms with Crippen LogP contribution < -0.4 is 10.1 Å². The molecular formula is C21H15FN2O2. The van der Waals surface area contributed by atoms with Crippen molar-refractivity contribution in [3.63, 3.8) is 0 Å². The Labute approximate surface area is 150 Å². The summed E-state index contributed by atoms with van der Waals surface area (Å²) >= 11 is 0. The van der Waals surface area contributed by atoms with E-state index in [4.69, 9.17) is 4.74 Å². The number of hydrogen-bond donors (Lipinski definition) is 1. The Hall–Kier alpha value is -3.65. The Bertz CT molecular complexity index is 954. The largest absolute Gasteiger partial charge is 0.497 e. The fraction of sp³-hybridized carbons (Fsp3) is 0.0476. The van der Waals surface area contributed by atoms with Crippen molar-refractivity contribution >= 4 is 11.7 Å². The van der Waals surface area contributed by atoms with Gasteiger partial charge in [-0.05, 0) is 60.7 Å². The lowest BCUT2D eigenvalue weighted by atomic mass is 10.1. The maximum absolute atomic E-state index is 12.8. The third-order valence-electron chi connectivity index (χ3n) is 3.56. The first-order valence-corrected chi connectivity index (χ1v) is 7.83. The lowest BCUT2D eigenvalue weighted by Gasteiger charge is -2.04. The molecule has 2 aromatic carbocycles. The first-order valence-electron chi connectivity index (χ1n) is 7.83. The third kappa shape index (κ3) is 4.46. The molecule has 0 aliphatic rings. The highest BCUT2D eigenvalue weighted by atomic mass is 19.1. The van der Waals surface area contributed by atoms with Crippen LogP contribution in [0.25, 0.3) is 0 Å². The monoisotopic (exact) mass is 346 g/mol. The number of methoxy groups -OCH3 is 1. The molecule has 0 bridgehead atoms. The summed E-state index contributed by atoms with van der Waals surface area (Å²) in [6.07, 6.45) is 1.05. The highest BCUT2D eigenvalue weighted by molar-refractivity contribution is 6.03. The Morgan fingerprint density at radius 2 is 1.58 bits per heavy atom. The summed E-state index contributed by atoms with van der Waals surface area (Å²) in [6.45, 7) is 0. The number of carbonyl (C=O) groups is 1. The van der Waals surface area contributed by atoms with E-state index in [1.165, 1.54) is 12.1 Å². The molecule has 1 aromatic heterocycles. The molecular weight excluding hydrogens is 331 g/mol. The van der Waals surface area contributed by atoms with Gasteiger partial charge in [-0.25, -0.2) is 9.37 Å². The van der Waals surface area contributed by atoms with Gasteiger partial charge in [0.05, 0.1) is 13.3 Å². The van der Waals surface area contributed by atoms with Crippen molar-refractivity contribution in [1.29, 1.82) is 0 Å². The van der Waals surface area contributed by atoms with Gasteiger partial charge in [0.2, 0.25) is 0 Å². The Morgan fingerprint density at radius 1 is 0.962 bits per heavy atom. The molecule has 0 saturated carbocycles. The first kappa shape index (κ1) is 17.2. The van der Waals surface area contributed by atoms with Gasteiger partial charge in [0.15, 0.2) is 0 Å². The Balaban J connectivity index is 1.67. The fourth-order valence-corrected chi connectivity index (χ4v) is 2.16. The molecule has 0 saturated heterocycles. The highest BCUT2D eigenvalue weighted by Gasteiger charge is 2.06. The Morgan fingerprint density at radius 3 is 2.12 bits per heavy atom. The molecule has 0 unspecified atom stereocenters. The van der Waals surface area contributed by atoms with Gasteiger partial charge in [0, 0.05) is 16.7 Å². The molecule has 1 amide bonds. The molecule has 0 aliphatic heterocycles. The van der Waals surface area contributed by atoms with Crippen molar-refractivity contribution in [3.05, 3.63) is 89.4 Å². The Kier molecular flexibility index (Phi) is 5.25. The number of anilines is 1. The van der Waals surface area contributed by atoms with Gasteiger partial charge in [-0.3, -0.25) is 4.79 Å². The number of amides is 1. The maximum Gasteiger partial charge on any atom is 0.256 e. The predicted octanol–water partition coefficient (Wildman–Crippen LogP) is 3.88. The van der Waals surface area contributed by atoms with E-state index >= 15 is 0 Å². The quantitative estimate of drug-likeness (QED) is 0.732. The number of benzene rings is 2. The van der Waals surface area contributed by atoms with Crippen molar-refractivity contribution < 1.29 is 13.9 Å². The molecule has 3 rings (SSSR count). The van der Waals surface area contributed by atoms with Crippen LogP contribution >= 0.6 is 0 Å². The minimum absolute atomic E-state index is 0.291. The number of pyridine rings is 1. The maximum atomic E-state index is 12.8. The second-order valence-electron chi connectivity index (χ2n) is 5.37. The fourth-order valence-electron chi connectivity index (χ4n) is 2.16. The number of nitrogens with one attached hydrogen (secondary N) is 1. The number of hydrogen-bond acceptors (Lipinski definition) is 3. The normalized spacial score (nSPS) is 9.77. The molecule has 5 heteroatoms. The van der Waals surface area contributed by atoms with Gasteiger partial charge in [-0.15, -0.1) is 0 Å². The molecule has 0 aliphatic carbocycles. The second-order valence-corrected chi connectivity index (χ2v) is 5.37. The van der Waals surface area contributed by atoms with Crippen molar-refractivity contribution in [2.24, 2.45) is 0 Å². The number of carbonyl (C=O) groups excluding carboxylic acids is 1. The zero-order valence-corrected chi connectivity index (χ0v) is 14.0. The number of halogens is 1. The van der Waals surface area contributed by atoms with E-state index in [0.717, 1.165) is 23.1 Å². The van der Waals surface area contributed by atoms with Crippen molar-refractivity contribution in [3.8, 4) is 17.6 Å². The van der Waals surface area contributed by atoms with Gasteiger partial charge in [-0.1, -0.05) is 11.8 Å². The molecule has 4 nitrogen and oxygen atoms in total. The minimum atomic E-state index is -0.456. The van der Waals surface area contributed by atoms with Crippen LogP contribution in [0.3, 0.4) is 0 Å². The van der Waals surface area contributed by atoms with E-state index in [0.29, 0.717) is 11.4 Å². The van der Waals surface area contributed by atoms with Crippen LogP contribution in [-0.2, 0) is 0 Å². The van der Waals surface area contributed by atoms with Crippen LogP contribution in [0.2, 0.25) is 0 Å². The van der Waals surface area contributed by atoms with Crippen molar-refractivity contribution in [1.82, 2.24) is 4.98 Å². The average molecular weight is 346 g/mol. The van der Waals surface area contributed by atoms with E-state index in [1.807, 2.05) is 24.3 Å². The molecule has 0 radical (unpaired) electrons. The van der Waals surface area contributed by atoms with E-state index < -0.39 is 5.82 Å². The number of rotatable bonds is 3. The topological polar surface area (TPSA) is 51.2 Å². The van der Waals surface area contributed by atoms with Crippen LogP contribution in [0.4, 0.5) is 10.2 Å². The molecule has 3 aromatic rings. The average Bonchev–Trinajstić information content (AvgIpc) is 2.69. The summed E-state index contributed by atoms with van der Waals surface area (Å²) in [5.41, 5.74) is 2.12. The summed E-state index contributed by atoms with van der Waals surface area (Å²) in [4.78, 5) is 16.0. The molecule has 1 N–H and O–H groups in total. The van der Waals surface area contributed by atoms with Gasteiger partial charge in [-0.2, -0.15) is 0 Å². The van der Waals surface area contributed by atoms with Crippen LogP contribution in [0, 0.1) is 17.7 Å². The highest BCUT2D eigenvalue weighted by Crippen LogP contribution is 2.11. The smallest absolute Gasteiger partial charge is 0.256 e. The first-order chi connectivity index (χ1) is 12.6. The SMILES string of the molecule is COc1ccc(C#Cc2ccc(C(=O)Nc3ccc(F)cn3)cc2)cc1. The number of ether oxygens (including phenoxy) is 1. The van der Waals surface area contributed by atoms with Crippen molar-refractivity contribution in [2.45, 2.75) is 0 Å². The van der Waals surface area contributed by atoms with E-state index in [2.05, 4.69) is 22.1 Å². The minimum Gasteiger partial charge on any atom is -0.497 e. The predicted molar refractivity (Wildman–Crippen MR) is 97.6 cm³/mol. The van der Waals surface area contributed by atoms with Gasteiger partial charge < -0.3 is 10.1 Å². The molecule has 128 valence electrons. The van der Waals surface area contributed by atoms with E-state index in [1.54, 1.807) is 31.4 Å². The van der Waals surface area contributed by atoms with E-state index in [-0.39, 0.29) is 5.91 Å². The molecule has 1 heterocycles. The van der Waals surface area contributed by atoms with Crippen molar-refractivity contribution in [2.75, 3.05) is 12.4 Å². The zero-order chi connectivity index (χ0) is 18.4. The summed E-state index contributed by atoms with van der Waals surface area (Å²) in [5, 5.41) is 2.61. The number of nitrogens with zero attached hydrogens (tertiary/aromatic N) is 1. The summed E-state index contributed by atoms with van der Waals surface area (Å²) in [5.74, 6) is 6.39. The zero-order valence-electron chi connectivity index (χ0n) is 14.0. The van der Waals surface area contributed by atoms with Gasteiger partial charge in [0.1, 0.15) is 17.4 Å². The summed E-state index contributed by atoms with van der Waals surface area (Å²) in [6, 6.07) is 17.0. The van der Waals surface area contributed by atoms with Crippen LogP contribution in [0.15, 0.2) is 66.9 Å². The van der Waals surface area contributed by atoms with Crippen LogP contribution in [-0.4, -0.2) is 18.0 Å². The standard InChI is InChI=1S/C21H15FN2O2/c1-26-19-11-6-16(7-12-19)3-2-15-4-8-17(9-5-15)21(25)24-20-13-10-18(22)14-23-20/h4-14H,1H3,(H,23,24,25). The third-order valence-corrected chi connectivity index (χ3v) is 3.56. The molecule has 0 spiro atoms. The lowest BCUT2D eigenvalue weighted by molar-refractivity contribution is 0.102. The van der Waals surface area contributed by atoms with E-state index in [9.17, 15) is 9.18 Å². The second kappa shape index (κ2) is 7.95. The molecule has 0 fully saturated rings. The van der Waals surface area contributed by atoms with Crippen LogP contribution in [0.1, 0.15) is 21.5 Å². The molecule has 26 heavy (non-hydrogen) atoms. The summed E-state index contributed by atoms with van der Waals surface area (Å²) < 4.78 is 17.9. The number of aromatic nitrogens is 1. The summed E-state index contributed by atoms with van der Waals surface area (Å²) in [7, 11) is 1.62. The van der Waals surface area contributed by atoms with Gasteiger partial charge >= 0.3 is 0 Å². The lowest BCUT2D eigenvalue weighted by Crippen LogP contribution is -2.12. The molecule has 0 atom stereocenters.